The summed E-state index contributed by atoms with van der Waals surface area (Å²) < 4.78 is 12.2. The van der Waals surface area contributed by atoms with E-state index in [2.05, 4.69) is 33.9 Å². The van der Waals surface area contributed by atoms with Crippen LogP contribution in [0.2, 0.25) is 0 Å². The van der Waals surface area contributed by atoms with Crippen LogP contribution in [-0.2, 0) is 0 Å². The van der Waals surface area contributed by atoms with Crippen LogP contribution in [-0.4, -0.2) is 6.61 Å². The van der Waals surface area contributed by atoms with Crippen molar-refractivity contribution in [2.24, 2.45) is 11.8 Å². The van der Waals surface area contributed by atoms with Gasteiger partial charge in [0, 0.05) is 5.56 Å². The van der Waals surface area contributed by atoms with E-state index in [1.807, 2.05) is 48.5 Å². The van der Waals surface area contributed by atoms with Crippen molar-refractivity contribution in [1.29, 1.82) is 0 Å². The minimum atomic E-state index is 0.670. The Kier molecular flexibility index (Phi) is 8.87. The second kappa shape index (κ2) is 11.4. The fraction of sp³-hybridized carbons (Fsp3) is 0.385. The Morgan fingerprint density at radius 1 is 0.857 bits per heavy atom. The Bertz CT molecular complexity index is 761. The van der Waals surface area contributed by atoms with Crippen molar-refractivity contribution in [2.45, 2.75) is 46.5 Å². The van der Waals surface area contributed by atoms with Crippen LogP contribution >= 0.6 is 0 Å². The van der Waals surface area contributed by atoms with E-state index in [1.165, 1.54) is 19.3 Å². The molecule has 0 radical (unpaired) electrons. The number of benzene rings is 2. The molecule has 0 aliphatic rings. The number of hydrogen-bond acceptors (Lipinski definition) is 2. The zero-order valence-electron chi connectivity index (χ0n) is 17.6. The molecule has 2 nitrogen and oxygen atoms in total. The first-order chi connectivity index (χ1) is 13.5. The Morgan fingerprint density at radius 3 is 2.29 bits per heavy atom. The molecule has 2 aromatic rings. The van der Waals surface area contributed by atoms with Gasteiger partial charge in [0.25, 0.3) is 0 Å². The highest BCUT2D eigenvalue weighted by Crippen LogP contribution is 2.34. The molecule has 2 rings (SSSR count). The summed E-state index contributed by atoms with van der Waals surface area (Å²) in [6, 6.07) is 13.8. The highest BCUT2D eigenvalue weighted by atomic mass is 16.5. The van der Waals surface area contributed by atoms with E-state index in [0.29, 0.717) is 12.5 Å². The molecule has 0 heterocycles. The standard InChI is InChI=1S/C26H34O2/c1-6-22-15-16-23(7-2)26(19-22)28-25-14-9-8-13-24(25)27-18-17-21(5)12-10-11-20(3)4/h6-9,13-16,19-21H,1-2,10-12,17-18H2,3-5H3. The molecule has 0 aliphatic heterocycles. The maximum atomic E-state index is 6.18. The van der Waals surface area contributed by atoms with Crippen molar-refractivity contribution >= 4 is 12.2 Å². The maximum absolute atomic E-state index is 6.18. The predicted molar refractivity (Wildman–Crippen MR) is 121 cm³/mol. The molecular weight excluding hydrogens is 344 g/mol. The summed E-state index contributed by atoms with van der Waals surface area (Å²) in [5.74, 6) is 3.71. The molecular formula is C26H34O2. The first-order valence-corrected chi connectivity index (χ1v) is 10.3. The maximum Gasteiger partial charge on any atom is 0.169 e. The molecule has 0 saturated carbocycles. The van der Waals surface area contributed by atoms with Crippen molar-refractivity contribution in [3.05, 3.63) is 66.7 Å². The van der Waals surface area contributed by atoms with Gasteiger partial charge in [-0.1, -0.05) is 89.6 Å². The lowest BCUT2D eigenvalue weighted by molar-refractivity contribution is 0.266. The average molecular weight is 379 g/mol. The van der Waals surface area contributed by atoms with Crippen LogP contribution in [0.4, 0.5) is 0 Å². The molecule has 0 bridgehead atoms. The van der Waals surface area contributed by atoms with Gasteiger partial charge in [-0.2, -0.15) is 0 Å². The second-order valence-corrected chi connectivity index (χ2v) is 7.82. The molecule has 0 fully saturated rings. The van der Waals surface area contributed by atoms with Gasteiger partial charge in [0.15, 0.2) is 11.5 Å². The van der Waals surface area contributed by atoms with Crippen molar-refractivity contribution in [3.63, 3.8) is 0 Å². The van der Waals surface area contributed by atoms with E-state index < -0.39 is 0 Å². The molecule has 0 spiro atoms. The lowest BCUT2D eigenvalue weighted by atomic mass is 9.98. The lowest BCUT2D eigenvalue weighted by Gasteiger charge is -2.16. The summed E-state index contributed by atoms with van der Waals surface area (Å²) in [5, 5.41) is 0. The van der Waals surface area contributed by atoms with Crippen LogP contribution in [0.1, 0.15) is 57.6 Å². The van der Waals surface area contributed by atoms with Crippen LogP contribution in [0.5, 0.6) is 17.2 Å². The molecule has 0 aromatic heterocycles. The van der Waals surface area contributed by atoms with E-state index >= 15 is 0 Å². The summed E-state index contributed by atoms with van der Waals surface area (Å²) in [6.45, 7) is 15.3. The number of rotatable bonds is 12. The molecule has 2 aromatic carbocycles. The van der Waals surface area contributed by atoms with Gasteiger partial charge >= 0.3 is 0 Å². The summed E-state index contributed by atoms with van der Waals surface area (Å²) in [6.07, 6.45) is 8.51. The molecule has 0 amide bonds. The second-order valence-electron chi connectivity index (χ2n) is 7.82. The normalized spacial score (nSPS) is 11.9. The van der Waals surface area contributed by atoms with Gasteiger partial charge in [-0.15, -0.1) is 0 Å². The third kappa shape index (κ3) is 6.92. The molecule has 0 saturated heterocycles. The van der Waals surface area contributed by atoms with Crippen LogP contribution in [0.15, 0.2) is 55.6 Å². The Labute approximate surface area is 170 Å². The van der Waals surface area contributed by atoms with Gasteiger partial charge < -0.3 is 9.47 Å². The third-order valence-corrected chi connectivity index (χ3v) is 4.91. The zero-order valence-corrected chi connectivity index (χ0v) is 17.6. The fourth-order valence-electron chi connectivity index (χ4n) is 3.10. The molecule has 1 unspecified atom stereocenters. The minimum Gasteiger partial charge on any atom is -0.490 e. The molecule has 28 heavy (non-hydrogen) atoms. The number of ether oxygens (including phenoxy) is 2. The Hall–Kier alpha value is -2.48. The lowest BCUT2D eigenvalue weighted by Crippen LogP contribution is -2.05. The van der Waals surface area contributed by atoms with E-state index in [4.69, 9.17) is 9.47 Å². The van der Waals surface area contributed by atoms with Crippen molar-refractivity contribution in [1.82, 2.24) is 0 Å². The smallest absolute Gasteiger partial charge is 0.169 e. The van der Waals surface area contributed by atoms with Gasteiger partial charge in [-0.25, -0.2) is 0 Å². The van der Waals surface area contributed by atoms with Crippen molar-refractivity contribution < 1.29 is 9.47 Å². The monoisotopic (exact) mass is 378 g/mol. The van der Waals surface area contributed by atoms with Crippen molar-refractivity contribution in [2.75, 3.05) is 6.61 Å². The largest absolute Gasteiger partial charge is 0.490 e. The van der Waals surface area contributed by atoms with Crippen molar-refractivity contribution in [3.8, 4) is 17.2 Å². The first-order valence-electron chi connectivity index (χ1n) is 10.3. The van der Waals surface area contributed by atoms with Gasteiger partial charge in [0.1, 0.15) is 5.75 Å². The summed E-state index contributed by atoms with van der Waals surface area (Å²) >= 11 is 0. The van der Waals surface area contributed by atoms with Gasteiger partial charge in [0.2, 0.25) is 0 Å². The quantitative estimate of drug-likeness (QED) is 0.372. The summed E-state index contributed by atoms with van der Waals surface area (Å²) in [4.78, 5) is 0. The Balaban J connectivity index is 1.98. The predicted octanol–water partition coefficient (Wildman–Crippen LogP) is 8.00. The van der Waals surface area contributed by atoms with Gasteiger partial charge in [-0.05, 0) is 42.0 Å². The zero-order chi connectivity index (χ0) is 20.4. The van der Waals surface area contributed by atoms with E-state index in [-0.39, 0.29) is 0 Å². The first kappa shape index (κ1) is 21.8. The molecule has 0 N–H and O–H groups in total. The molecule has 0 aliphatic carbocycles. The van der Waals surface area contributed by atoms with Crippen LogP contribution in [0.3, 0.4) is 0 Å². The van der Waals surface area contributed by atoms with Gasteiger partial charge in [-0.3, -0.25) is 0 Å². The van der Waals surface area contributed by atoms with E-state index in [0.717, 1.165) is 40.7 Å². The minimum absolute atomic E-state index is 0.670. The molecule has 2 heteroatoms. The summed E-state index contributed by atoms with van der Waals surface area (Å²) in [7, 11) is 0. The third-order valence-electron chi connectivity index (χ3n) is 4.91. The van der Waals surface area contributed by atoms with E-state index in [1.54, 1.807) is 6.08 Å². The highest BCUT2D eigenvalue weighted by molar-refractivity contribution is 5.62. The number of para-hydroxylation sites is 2. The average Bonchev–Trinajstić information content (AvgIpc) is 2.69. The fourth-order valence-corrected chi connectivity index (χ4v) is 3.10. The van der Waals surface area contributed by atoms with Crippen LogP contribution < -0.4 is 9.47 Å². The summed E-state index contributed by atoms with van der Waals surface area (Å²) in [5.41, 5.74) is 1.95. The topological polar surface area (TPSA) is 18.5 Å². The molecule has 150 valence electrons. The van der Waals surface area contributed by atoms with Crippen LogP contribution in [0.25, 0.3) is 12.2 Å². The Morgan fingerprint density at radius 2 is 1.61 bits per heavy atom. The SMILES string of the molecule is C=Cc1ccc(C=C)c(Oc2ccccc2OCCC(C)CCCC(C)C)c1. The van der Waals surface area contributed by atoms with E-state index in [9.17, 15) is 0 Å². The highest BCUT2D eigenvalue weighted by Gasteiger charge is 2.10. The molecule has 1 atom stereocenters. The number of hydrogen-bond donors (Lipinski definition) is 0. The van der Waals surface area contributed by atoms with Crippen LogP contribution in [0, 0.1) is 11.8 Å². The van der Waals surface area contributed by atoms with Gasteiger partial charge in [0.05, 0.1) is 6.61 Å².